The number of aryl methyl sites for hydroxylation is 1. The molecule has 1 aromatic rings. The highest BCUT2D eigenvalue weighted by Gasteiger charge is 2.43. The van der Waals surface area contributed by atoms with Crippen molar-refractivity contribution in [3.8, 4) is 0 Å². The van der Waals surface area contributed by atoms with Crippen LogP contribution in [0.2, 0.25) is 0 Å². The van der Waals surface area contributed by atoms with Gasteiger partial charge in [-0.1, -0.05) is 6.42 Å². The second-order valence-corrected chi connectivity index (χ2v) is 9.28. The van der Waals surface area contributed by atoms with Gasteiger partial charge in [-0.3, -0.25) is 9.48 Å². The molecule has 4 unspecified atom stereocenters. The van der Waals surface area contributed by atoms with Crippen LogP contribution in [0.3, 0.4) is 0 Å². The molecule has 2 bridgehead atoms. The van der Waals surface area contributed by atoms with Crippen LogP contribution in [0.5, 0.6) is 0 Å². The molecule has 3 aliphatic carbocycles. The van der Waals surface area contributed by atoms with Gasteiger partial charge < -0.3 is 5.32 Å². The Balaban J connectivity index is 1.37. The van der Waals surface area contributed by atoms with E-state index >= 15 is 0 Å². The molecule has 0 radical (unpaired) electrons. The van der Waals surface area contributed by atoms with Crippen molar-refractivity contribution < 1.29 is 18.0 Å². The molecule has 4 nitrogen and oxygen atoms in total. The summed E-state index contributed by atoms with van der Waals surface area (Å²) in [5, 5.41) is 6.85. The number of carbonyl (C=O) groups excluding carboxylic acids is 1. The zero-order valence-corrected chi connectivity index (χ0v) is 16.9. The molecular formula is C19H25BrF3N3O. The third kappa shape index (κ3) is 3.91. The van der Waals surface area contributed by atoms with Crippen molar-refractivity contribution in [3.05, 3.63) is 15.9 Å². The van der Waals surface area contributed by atoms with Crippen molar-refractivity contribution in [1.82, 2.24) is 15.1 Å². The minimum Gasteiger partial charge on any atom is -0.353 e. The number of halogens is 4. The van der Waals surface area contributed by atoms with Gasteiger partial charge in [-0.2, -0.15) is 18.3 Å². The Labute approximate surface area is 165 Å². The van der Waals surface area contributed by atoms with E-state index in [0.29, 0.717) is 11.6 Å². The Bertz CT molecular complexity index is 729. The summed E-state index contributed by atoms with van der Waals surface area (Å²) in [6.45, 7) is 2.24. The Hall–Kier alpha value is -1.05. The molecule has 150 valence electrons. The third-order valence-electron chi connectivity index (χ3n) is 6.54. The lowest BCUT2D eigenvalue weighted by atomic mass is 9.84. The number of fused-ring (bicyclic) bond motifs is 2. The molecule has 27 heavy (non-hydrogen) atoms. The van der Waals surface area contributed by atoms with Crippen LogP contribution in [0.25, 0.3) is 0 Å². The van der Waals surface area contributed by atoms with Crippen LogP contribution in [-0.2, 0) is 17.5 Å². The largest absolute Gasteiger partial charge is 0.436 e. The number of nitrogens with zero attached hydrogens (tertiary/aromatic N) is 2. The molecule has 1 aromatic heterocycles. The number of carbonyl (C=O) groups is 1. The van der Waals surface area contributed by atoms with E-state index in [0.717, 1.165) is 24.7 Å². The molecule has 0 aromatic carbocycles. The van der Waals surface area contributed by atoms with E-state index in [1.54, 1.807) is 0 Å². The summed E-state index contributed by atoms with van der Waals surface area (Å²) in [6.07, 6.45) is 2.46. The average molecular weight is 448 g/mol. The quantitative estimate of drug-likeness (QED) is 0.675. The second-order valence-electron chi connectivity index (χ2n) is 8.49. The molecule has 0 saturated heterocycles. The van der Waals surface area contributed by atoms with E-state index in [-0.39, 0.29) is 35.3 Å². The van der Waals surface area contributed by atoms with E-state index in [1.165, 1.54) is 30.4 Å². The predicted octanol–water partition coefficient (Wildman–Crippen LogP) is 4.87. The number of hydrogen-bond donors (Lipinski definition) is 1. The molecule has 3 aliphatic rings. The highest BCUT2D eigenvalue weighted by atomic mass is 79.9. The van der Waals surface area contributed by atoms with Gasteiger partial charge in [0.15, 0.2) is 5.69 Å². The monoisotopic (exact) mass is 447 g/mol. The van der Waals surface area contributed by atoms with Crippen molar-refractivity contribution in [2.45, 2.75) is 76.6 Å². The molecule has 1 heterocycles. The van der Waals surface area contributed by atoms with Gasteiger partial charge in [0.05, 0.1) is 16.7 Å². The fraction of sp³-hybridized carbons (Fsp3) is 0.789. The number of rotatable bonds is 6. The SMILES string of the molecule is CC(NC(=O)CCn1nc(C(F)(F)F)c(Br)c1C1CC1)C1CC2CCC1C2. The molecule has 1 amide bonds. The molecule has 3 fully saturated rings. The molecule has 0 aliphatic heterocycles. The summed E-state index contributed by atoms with van der Waals surface area (Å²) in [4.78, 5) is 12.4. The van der Waals surface area contributed by atoms with Crippen molar-refractivity contribution >= 4 is 21.8 Å². The Morgan fingerprint density at radius 1 is 1.30 bits per heavy atom. The fourth-order valence-electron chi connectivity index (χ4n) is 5.10. The first-order chi connectivity index (χ1) is 12.7. The lowest BCUT2D eigenvalue weighted by molar-refractivity contribution is -0.142. The highest BCUT2D eigenvalue weighted by molar-refractivity contribution is 9.10. The van der Waals surface area contributed by atoms with E-state index < -0.39 is 11.9 Å². The van der Waals surface area contributed by atoms with Crippen LogP contribution >= 0.6 is 15.9 Å². The van der Waals surface area contributed by atoms with Gasteiger partial charge in [0.2, 0.25) is 5.91 Å². The molecule has 4 atom stereocenters. The van der Waals surface area contributed by atoms with E-state index in [9.17, 15) is 18.0 Å². The fourth-order valence-corrected chi connectivity index (χ4v) is 5.93. The molecule has 0 spiro atoms. The Kier molecular flexibility index (Phi) is 5.06. The summed E-state index contributed by atoms with van der Waals surface area (Å²) >= 11 is 3.09. The zero-order valence-electron chi connectivity index (χ0n) is 15.4. The minimum atomic E-state index is -4.49. The summed E-state index contributed by atoms with van der Waals surface area (Å²) in [6, 6.07) is 0.130. The lowest BCUT2D eigenvalue weighted by Gasteiger charge is -2.28. The molecule has 8 heteroatoms. The zero-order chi connectivity index (χ0) is 19.3. The maximum absolute atomic E-state index is 13.2. The van der Waals surface area contributed by atoms with Gasteiger partial charge in [0.25, 0.3) is 0 Å². The summed E-state index contributed by atoms with van der Waals surface area (Å²) < 4.78 is 40.9. The van der Waals surface area contributed by atoms with Gasteiger partial charge >= 0.3 is 6.18 Å². The smallest absolute Gasteiger partial charge is 0.353 e. The molecule has 3 saturated carbocycles. The number of aromatic nitrogens is 2. The predicted molar refractivity (Wildman–Crippen MR) is 98.1 cm³/mol. The summed E-state index contributed by atoms with van der Waals surface area (Å²) in [5.41, 5.74) is -0.309. The van der Waals surface area contributed by atoms with Crippen LogP contribution in [0.1, 0.15) is 69.2 Å². The van der Waals surface area contributed by atoms with Gasteiger partial charge in [-0.05, 0) is 72.7 Å². The highest BCUT2D eigenvalue weighted by Crippen LogP contribution is 2.49. The van der Waals surface area contributed by atoms with Crippen molar-refractivity contribution in [1.29, 1.82) is 0 Å². The maximum atomic E-state index is 13.2. The van der Waals surface area contributed by atoms with Gasteiger partial charge in [0, 0.05) is 18.4 Å². The first-order valence-corrected chi connectivity index (χ1v) is 10.7. The average Bonchev–Trinajstić information content (AvgIpc) is 3.03. The number of alkyl halides is 3. The first kappa shape index (κ1) is 19.3. The lowest BCUT2D eigenvalue weighted by Crippen LogP contribution is -2.40. The molecular weight excluding hydrogens is 423 g/mol. The minimum absolute atomic E-state index is 0.0354. The number of amides is 1. The van der Waals surface area contributed by atoms with Crippen molar-refractivity contribution in [2.75, 3.05) is 0 Å². The topological polar surface area (TPSA) is 46.9 Å². The molecule has 4 rings (SSSR count). The Morgan fingerprint density at radius 2 is 2.04 bits per heavy atom. The normalized spacial score (nSPS) is 28.6. The van der Waals surface area contributed by atoms with E-state index in [1.807, 2.05) is 0 Å². The van der Waals surface area contributed by atoms with Crippen LogP contribution in [0.15, 0.2) is 4.47 Å². The summed E-state index contributed by atoms with van der Waals surface area (Å²) in [5.74, 6) is 2.10. The summed E-state index contributed by atoms with van der Waals surface area (Å²) in [7, 11) is 0. The number of hydrogen-bond acceptors (Lipinski definition) is 2. The van der Waals surface area contributed by atoms with Gasteiger partial charge in [-0.15, -0.1) is 0 Å². The van der Waals surface area contributed by atoms with Crippen molar-refractivity contribution in [2.24, 2.45) is 17.8 Å². The van der Waals surface area contributed by atoms with Crippen LogP contribution in [0.4, 0.5) is 13.2 Å². The maximum Gasteiger partial charge on any atom is 0.436 e. The Morgan fingerprint density at radius 3 is 2.59 bits per heavy atom. The first-order valence-electron chi connectivity index (χ1n) is 9.86. The third-order valence-corrected chi connectivity index (χ3v) is 7.32. The van der Waals surface area contributed by atoms with Crippen molar-refractivity contribution in [3.63, 3.8) is 0 Å². The standard InChI is InChI=1S/C19H25BrF3N3O/c1-10(14-9-11-2-3-13(14)8-11)24-15(27)6-7-26-17(12-4-5-12)16(20)18(25-26)19(21,22)23/h10-14H,2-9H2,1H3,(H,24,27). The van der Waals surface area contributed by atoms with Gasteiger partial charge in [0.1, 0.15) is 0 Å². The van der Waals surface area contributed by atoms with Crippen LogP contribution in [0, 0.1) is 17.8 Å². The number of nitrogens with one attached hydrogen (secondary N) is 1. The van der Waals surface area contributed by atoms with Crippen LogP contribution in [-0.4, -0.2) is 21.7 Å². The van der Waals surface area contributed by atoms with E-state index in [4.69, 9.17) is 0 Å². The van der Waals surface area contributed by atoms with Gasteiger partial charge in [-0.25, -0.2) is 0 Å². The van der Waals surface area contributed by atoms with Crippen LogP contribution < -0.4 is 5.32 Å². The second kappa shape index (κ2) is 7.08. The molecule has 1 N–H and O–H groups in total. The van der Waals surface area contributed by atoms with E-state index in [2.05, 4.69) is 33.3 Å².